The van der Waals surface area contributed by atoms with E-state index in [4.69, 9.17) is 0 Å². The first-order valence-corrected chi connectivity index (χ1v) is 11.2. The largest absolute Gasteiger partial charge is 0.391 e. The van der Waals surface area contributed by atoms with Crippen molar-refractivity contribution in [1.29, 1.82) is 0 Å². The third-order valence-corrected chi connectivity index (χ3v) is 5.29. The van der Waals surface area contributed by atoms with Gasteiger partial charge in [-0.2, -0.15) is 0 Å². The summed E-state index contributed by atoms with van der Waals surface area (Å²) in [4.78, 5) is 6.97. The Morgan fingerprint density at radius 1 is 1.13 bits per heavy atom. The molecule has 0 amide bonds. The van der Waals surface area contributed by atoms with E-state index >= 15 is 0 Å². The van der Waals surface area contributed by atoms with Crippen LogP contribution >= 0.6 is 9.24 Å². The van der Waals surface area contributed by atoms with E-state index in [9.17, 15) is 0 Å². The zero-order valence-corrected chi connectivity index (χ0v) is 19.9. The van der Waals surface area contributed by atoms with E-state index in [0.29, 0.717) is 0 Å². The van der Waals surface area contributed by atoms with Crippen LogP contribution in [0.15, 0.2) is 78.0 Å². The van der Waals surface area contributed by atoms with Gasteiger partial charge >= 0.3 is 0 Å². The molecule has 4 heteroatoms. The average molecular weight is 420 g/mol. The van der Waals surface area contributed by atoms with Crippen molar-refractivity contribution in [2.75, 3.05) is 17.7 Å². The first kappa shape index (κ1) is 23.6. The van der Waals surface area contributed by atoms with Gasteiger partial charge in [0.2, 0.25) is 0 Å². The van der Waals surface area contributed by atoms with E-state index in [-0.39, 0.29) is 0 Å². The highest BCUT2D eigenvalue weighted by molar-refractivity contribution is 7.16. The molecule has 30 heavy (non-hydrogen) atoms. The summed E-state index contributed by atoms with van der Waals surface area (Å²) in [5, 5.41) is 3.18. The highest BCUT2D eigenvalue weighted by Crippen LogP contribution is 2.32. The van der Waals surface area contributed by atoms with Gasteiger partial charge in [-0.3, -0.25) is 4.99 Å². The summed E-state index contributed by atoms with van der Waals surface area (Å²) in [6.45, 7) is 17.3. The summed E-state index contributed by atoms with van der Waals surface area (Å²) in [5.74, 6) is 0. The molecule has 2 aromatic carbocycles. The number of rotatable bonds is 10. The van der Waals surface area contributed by atoms with Crippen LogP contribution in [0, 0.1) is 13.8 Å². The summed E-state index contributed by atoms with van der Waals surface area (Å²) in [6.07, 6.45) is 7.36. The molecule has 3 nitrogen and oxygen atoms in total. The molecule has 0 aromatic heterocycles. The van der Waals surface area contributed by atoms with Crippen LogP contribution in [0.5, 0.6) is 0 Å². The maximum atomic E-state index is 4.66. The van der Waals surface area contributed by atoms with Crippen LogP contribution in [-0.4, -0.2) is 19.0 Å². The molecule has 158 valence electrons. The van der Waals surface area contributed by atoms with Crippen LogP contribution in [-0.2, 0) is 6.42 Å². The monoisotopic (exact) mass is 419 g/mol. The van der Waals surface area contributed by atoms with E-state index < -0.39 is 0 Å². The topological polar surface area (TPSA) is 27.6 Å². The Kier molecular flexibility index (Phi) is 9.08. The van der Waals surface area contributed by atoms with Gasteiger partial charge in [0.05, 0.1) is 5.69 Å². The molecule has 0 saturated heterocycles. The van der Waals surface area contributed by atoms with Crippen LogP contribution in [0.2, 0.25) is 0 Å². The number of anilines is 2. The lowest BCUT2D eigenvalue weighted by atomic mass is 10.1. The van der Waals surface area contributed by atoms with E-state index in [0.717, 1.165) is 47.3 Å². The van der Waals surface area contributed by atoms with Crippen LogP contribution in [0.3, 0.4) is 0 Å². The van der Waals surface area contributed by atoms with Crippen LogP contribution in [0.4, 0.5) is 17.1 Å². The highest BCUT2D eigenvalue weighted by Gasteiger charge is 2.10. The molecule has 2 rings (SSSR count). The molecule has 1 atom stereocenters. The van der Waals surface area contributed by atoms with Gasteiger partial charge in [0.25, 0.3) is 0 Å². The summed E-state index contributed by atoms with van der Waals surface area (Å²) in [6, 6.07) is 13.2. The minimum atomic E-state index is 0.823. The maximum Gasteiger partial charge on any atom is 0.0660 e. The van der Waals surface area contributed by atoms with E-state index in [1.165, 1.54) is 16.8 Å². The quantitative estimate of drug-likeness (QED) is 0.261. The van der Waals surface area contributed by atoms with Gasteiger partial charge < -0.3 is 10.2 Å². The number of aliphatic imine (C=N–C) groups is 1. The Bertz CT molecular complexity index is 957. The van der Waals surface area contributed by atoms with Crippen LogP contribution in [0.1, 0.15) is 30.5 Å². The zero-order valence-electron chi connectivity index (χ0n) is 18.7. The Hall–Kier alpha value is -2.64. The number of hydrogen-bond acceptors (Lipinski definition) is 3. The van der Waals surface area contributed by atoms with E-state index in [1.807, 2.05) is 6.20 Å². The Morgan fingerprint density at radius 2 is 1.90 bits per heavy atom. The van der Waals surface area contributed by atoms with Crippen molar-refractivity contribution in [3.05, 3.63) is 89.7 Å². The standard InChI is InChI=1S/C26H34N3P/c1-7-22-12-19(4)13-25(15-22)29(18-30)24-10-11-26(20(5)14-24)28-16-21(6)23(8-2)17-27-9-3/h8,10-17,27H,2,6-7,9,18,30H2,1,3-5H3/b23-17+,28-16-. The molecule has 0 heterocycles. The van der Waals surface area contributed by atoms with Crippen molar-refractivity contribution in [2.45, 2.75) is 34.1 Å². The van der Waals surface area contributed by atoms with Crippen molar-refractivity contribution in [1.82, 2.24) is 5.32 Å². The SMILES string of the molecule is C=C/C(=C\NCC)C(=C)/C=N\c1ccc(N(CP)c2cc(C)cc(CC)c2)cc1C. The van der Waals surface area contributed by atoms with Crippen molar-refractivity contribution < 1.29 is 0 Å². The Morgan fingerprint density at radius 3 is 2.50 bits per heavy atom. The summed E-state index contributed by atoms with van der Waals surface area (Å²) >= 11 is 0. The smallest absolute Gasteiger partial charge is 0.0660 e. The van der Waals surface area contributed by atoms with Crippen molar-refractivity contribution >= 4 is 32.5 Å². The number of aryl methyl sites for hydroxylation is 3. The van der Waals surface area contributed by atoms with Crippen molar-refractivity contribution in [3.8, 4) is 0 Å². The minimum absolute atomic E-state index is 0.823. The number of hydrogen-bond donors (Lipinski definition) is 1. The predicted molar refractivity (Wildman–Crippen MR) is 138 cm³/mol. The molecule has 0 fully saturated rings. The summed E-state index contributed by atoms with van der Waals surface area (Å²) in [5.41, 5.74) is 8.85. The molecular weight excluding hydrogens is 385 g/mol. The predicted octanol–water partition coefficient (Wildman–Crippen LogP) is 6.77. The van der Waals surface area contributed by atoms with E-state index in [1.54, 1.807) is 12.3 Å². The van der Waals surface area contributed by atoms with Gasteiger partial charge in [-0.15, -0.1) is 9.24 Å². The molecule has 1 N–H and O–H groups in total. The first-order valence-electron chi connectivity index (χ1n) is 10.4. The third-order valence-electron chi connectivity index (χ3n) is 4.93. The molecule has 0 spiro atoms. The molecule has 1 unspecified atom stereocenters. The fraction of sp³-hybridized carbons (Fsp3) is 0.269. The number of allylic oxidation sites excluding steroid dienone is 3. The summed E-state index contributed by atoms with van der Waals surface area (Å²) < 4.78 is 0. The average Bonchev–Trinajstić information content (AvgIpc) is 2.73. The van der Waals surface area contributed by atoms with Gasteiger partial charge in [0.1, 0.15) is 0 Å². The van der Waals surface area contributed by atoms with Gasteiger partial charge in [-0.05, 0) is 85.4 Å². The second-order valence-electron chi connectivity index (χ2n) is 7.26. The fourth-order valence-electron chi connectivity index (χ4n) is 3.23. The Labute approximate surface area is 184 Å². The molecule has 2 aromatic rings. The van der Waals surface area contributed by atoms with E-state index in [2.05, 4.69) is 102 Å². The lowest BCUT2D eigenvalue weighted by Gasteiger charge is -2.25. The van der Waals surface area contributed by atoms with Crippen LogP contribution in [0.25, 0.3) is 0 Å². The zero-order chi connectivity index (χ0) is 22.1. The third kappa shape index (κ3) is 6.18. The fourth-order valence-corrected chi connectivity index (χ4v) is 3.65. The van der Waals surface area contributed by atoms with Crippen molar-refractivity contribution in [3.63, 3.8) is 0 Å². The second kappa shape index (κ2) is 11.5. The van der Waals surface area contributed by atoms with Gasteiger partial charge in [-0.1, -0.05) is 32.2 Å². The number of benzene rings is 2. The minimum Gasteiger partial charge on any atom is -0.391 e. The molecule has 0 saturated carbocycles. The second-order valence-corrected chi connectivity index (χ2v) is 7.62. The Balaban J connectivity index is 2.28. The van der Waals surface area contributed by atoms with Gasteiger partial charge in [-0.25, -0.2) is 0 Å². The molecule has 0 bridgehead atoms. The number of nitrogens with one attached hydrogen (secondary N) is 1. The normalized spacial score (nSPS) is 11.6. The van der Waals surface area contributed by atoms with Gasteiger partial charge in [0.15, 0.2) is 0 Å². The molecule has 0 aliphatic carbocycles. The molecule has 0 radical (unpaired) electrons. The molecule has 0 aliphatic heterocycles. The van der Waals surface area contributed by atoms with Crippen molar-refractivity contribution in [2.24, 2.45) is 4.99 Å². The maximum absolute atomic E-state index is 4.66. The lowest BCUT2D eigenvalue weighted by molar-refractivity contribution is 0.914. The first-order chi connectivity index (χ1) is 14.4. The summed E-state index contributed by atoms with van der Waals surface area (Å²) in [7, 11) is 2.84. The van der Waals surface area contributed by atoms with Gasteiger partial charge in [0, 0.05) is 36.6 Å². The molecular formula is C26H34N3P. The highest BCUT2D eigenvalue weighted by atomic mass is 31.0. The number of nitrogens with zero attached hydrogens (tertiary/aromatic N) is 2. The lowest BCUT2D eigenvalue weighted by Crippen LogP contribution is -2.14. The molecule has 0 aliphatic rings. The van der Waals surface area contributed by atoms with Crippen LogP contribution < -0.4 is 10.2 Å².